The number of amidine groups is 1. The average molecular weight is 320 g/mol. The molecule has 2 amide bonds. The van der Waals surface area contributed by atoms with Gasteiger partial charge in [-0.25, -0.2) is 4.79 Å². The van der Waals surface area contributed by atoms with Gasteiger partial charge < -0.3 is 10.1 Å². The van der Waals surface area contributed by atoms with E-state index in [1.807, 2.05) is 30.3 Å². The highest BCUT2D eigenvalue weighted by Crippen LogP contribution is 2.24. The standard InChI is InChI=1S/C16H20N2O3S/c1-22-15(17-14(19)13-9-5-6-10-13)18-16(20)21-11-12-7-3-2-4-8-12/h2-4,7-8,13H,5-6,9-11H2,1H3,(H,17,18,19,20). The Balaban J connectivity index is 1.84. The molecule has 6 heteroatoms. The zero-order valence-corrected chi connectivity index (χ0v) is 13.4. The Labute approximate surface area is 134 Å². The smallest absolute Gasteiger partial charge is 0.436 e. The number of thioether (sulfide) groups is 1. The topological polar surface area (TPSA) is 67.8 Å². The van der Waals surface area contributed by atoms with Gasteiger partial charge >= 0.3 is 6.09 Å². The minimum absolute atomic E-state index is 0.0395. The number of rotatable bonds is 3. The first-order valence-corrected chi connectivity index (χ1v) is 8.55. The first-order chi connectivity index (χ1) is 10.7. The largest absolute Gasteiger partial charge is 0.443 e. The predicted octanol–water partition coefficient (Wildman–Crippen LogP) is 3.35. The Morgan fingerprint density at radius 2 is 1.95 bits per heavy atom. The second-order valence-corrected chi connectivity index (χ2v) is 5.93. The molecule has 118 valence electrons. The summed E-state index contributed by atoms with van der Waals surface area (Å²) in [6.45, 7) is 0.168. The van der Waals surface area contributed by atoms with E-state index in [9.17, 15) is 9.59 Å². The Bertz CT molecular complexity index is 540. The molecule has 0 heterocycles. The van der Waals surface area contributed by atoms with E-state index in [0.717, 1.165) is 31.2 Å². The molecule has 0 radical (unpaired) electrons. The molecule has 0 aliphatic heterocycles. The second kappa shape index (κ2) is 8.58. The molecule has 1 aliphatic rings. The normalized spacial score (nSPS) is 15.6. The quantitative estimate of drug-likeness (QED) is 0.685. The first kappa shape index (κ1) is 16.5. The number of amides is 2. The van der Waals surface area contributed by atoms with Crippen molar-refractivity contribution in [1.82, 2.24) is 5.32 Å². The van der Waals surface area contributed by atoms with E-state index in [1.54, 1.807) is 6.26 Å². The molecule has 1 aromatic rings. The van der Waals surface area contributed by atoms with Crippen molar-refractivity contribution in [1.29, 1.82) is 0 Å². The Morgan fingerprint density at radius 1 is 1.27 bits per heavy atom. The number of hydrogen-bond acceptors (Lipinski definition) is 4. The van der Waals surface area contributed by atoms with Gasteiger partial charge in [0, 0.05) is 5.92 Å². The lowest BCUT2D eigenvalue weighted by Crippen LogP contribution is -2.33. The Hall–Kier alpha value is -1.82. The maximum Gasteiger partial charge on any atom is 0.436 e. The summed E-state index contributed by atoms with van der Waals surface area (Å²) >= 11 is 1.22. The number of carbonyl (C=O) groups is 2. The van der Waals surface area contributed by atoms with E-state index in [2.05, 4.69) is 10.3 Å². The van der Waals surface area contributed by atoms with E-state index < -0.39 is 6.09 Å². The maximum atomic E-state index is 12.0. The monoisotopic (exact) mass is 320 g/mol. The van der Waals surface area contributed by atoms with Crippen molar-refractivity contribution < 1.29 is 14.3 Å². The van der Waals surface area contributed by atoms with Crippen molar-refractivity contribution in [2.75, 3.05) is 6.26 Å². The van der Waals surface area contributed by atoms with Crippen LogP contribution >= 0.6 is 11.8 Å². The van der Waals surface area contributed by atoms with E-state index in [-0.39, 0.29) is 23.6 Å². The molecule has 2 rings (SSSR count). The molecule has 0 aromatic heterocycles. The van der Waals surface area contributed by atoms with Gasteiger partial charge in [0.25, 0.3) is 0 Å². The second-order valence-electron chi connectivity index (χ2n) is 5.13. The van der Waals surface area contributed by atoms with Crippen molar-refractivity contribution in [3.05, 3.63) is 35.9 Å². The molecule has 0 saturated heterocycles. The Morgan fingerprint density at radius 3 is 2.59 bits per heavy atom. The highest BCUT2D eigenvalue weighted by Gasteiger charge is 2.23. The lowest BCUT2D eigenvalue weighted by atomic mass is 10.1. The molecular formula is C16H20N2O3S. The van der Waals surface area contributed by atoms with Crippen LogP contribution in [0.1, 0.15) is 31.2 Å². The fourth-order valence-electron chi connectivity index (χ4n) is 2.35. The fourth-order valence-corrected chi connectivity index (χ4v) is 2.72. The zero-order chi connectivity index (χ0) is 15.8. The summed E-state index contributed by atoms with van der Waals surface area (Å²) < 4.78 is 5.08. The summed E-state index contributed by atoms with van der Waals surface area (Å²) in [5.74, 6) is -0.0147. The van der Waals surface area contributed by atoms with Gasteiger partial charge in [0.15, 0.2) is 5.17 Å². The lowest BCUT2D eigenvalue weighted by Gasteiger charge is -2.10. The number of hydrogen-bond donors (Lipinski definition) is 1. The van der Waals surface area contributed by atoms with Crippen molar-refractivity contribution in [2.24, 2.45) is 10.9 Å². The van der Waals surface area contributed by atoms with E-state index in [0.29, 0.717) is 0 Å². The minimum atomic E-state index is -0.695. The van der Waals surface area contributed by atoms with Gasteiger partial charge in [0.05, 0.1) is 0 Å². The third-order valence-corrected chi connectivity index (χ3v) is 4.13. The number of carbonyl (C=O) groups excluding carboxylic acids is 2. The molecule has 1 saturated carbocycles. The van der Waals surface area contributed by atoms with Crippen molar-refractivity contribution in [2.45, 2.75) is 32.3 Å². The molecule has 0 bridgehead atoms. The van der Waals surface area contributed by atoms with Crippen LogP contribution in [0.5, 0.6) is 0 Å². The SMILES string of the molecule is CS/C(=N\C(=O)OCc1ccccc1)NC(=O)C1CCCC1. The van der Waals surface area contributed by atoms with Gasteiger partial charge in [-0.15, -0.1) is 0 Å². The number of nitrogens with zero attached hydrogens (tertiary/aromatic N) is 1. The van der Waals surface area contributed by atoms with Crippen LogP contribution in [0.15, 0.2) is 35.3 Å². The van der Waals surface area contributed by atoms with Crippen LogP contribution in [0.4, 0.5) is 4.79 Å². The van der Waals surface area contributed by atoms with E-state index in [4.69, 9.17) is 4.74 Å². The summed E-state index contributed by atoms with van der Waals surface area (Å²) in [5, 5.41) is 3.00. The average Bonchev–Trinajstić information content (AvgIpc) is 3.08. The highest BCUT2D eigenvalue weighted by atomic mass is 32.2. The fraction of sp³-hybridized carbons (Fsp3) is 0.438. The van der Waals surface area contributed by atoms with Crippen molar-refractivity contribution in [3.8, 4) is 0 Å². The number of benzene rings is 1. The van der Waals surface area contributed by atoms with Gasteiger partial charge in [-0.3, -0.25) is 4.79 Å². The molecule has 1 aromatic carbocycles. The lowest BCUT2D eigenvalue weighted by molar-refractivity contribution is -0.123. The highest BCUT2D eigenvalue weighted by molar-refractivity contribution is 8.13. The van der Waals surface area contributed by atoms with Crippen LogP contribution < -0.4 is 5.32 Å². The van der Waals surface area contributed by atoms with Crippen molar-refractivity contribution in [3.63, 3.8) is 0 Å². The molecule has 22 heavy (non-hydrogen) atoms. The van der Waals surface area contributed by atoms with E-state index in [1.165, 1.54) is 11.8 Å². The predicted molar refractivity (Wildman–Crippen MR) is 87.7 cm³/mol. The molecule has 0 spiro atoms. The van der Waals surface area contributed by atoms with Crippen molar-refractivity contribution >= 4 is 28.9 Å². The van der Waals surface area contributed by atoms with Crippen LogP contribution in [0, 0.1) is 5.92 Å². The molecule has 1 aliphatic carbocycles. The summed E-state index contributed by atoms with van der Waals surface area (Å²) in [6.07, 6.45) is 5.06. The van der Waals surface area contributed by atoms with Crippen LogP contribution in [0.2, 0.25) is 0 Å². The maximum absolute atomic E-state index is 12.0. The van der Waals surface area contributed by atoms with Crippen LogP contribution in [-0.2, 0) is 16.1 Å². The zero-order valence-electron chi connectivity index (χ0n) is 12.6. The van der Waals surface area contributed by atoms with Gasteiger partial charge in [-0.1, -0.05) is 54.9 Å². The number of ether oxygens (including phenoxy) is 1. The van der Waals surface area contributed by atoms with E-state index >= 15 is 0 Å². The third kappa shape index (κ3) is 5.18. The first-order valence-electron chi connectivity index (χ1n) is 7.33. The van der Waals surface area contributed by atoms with Crippen LogP contribution in [-0.4, -0.2) is 23.4 Å². The van der Waals surface area contributed by atoms with Crippen LogP contribution in [0.25, 0.3) is 0 Å². The summed E-state index contributed by atoms with van der Waals surface area (Å²) in [4.78, 5) is 27.5. The molecule has 1 fully saturated rings. The van der Waals surface area contributed by atoms with Gasteiger partial charge in [-0.05, 0) is 24.7 Å². The molecule has 0 unspecified atom stereocenters. The van der Waals surface area contributed by atoms with Crippen LogP contribution in [0.3, 0.4) is 0 Å². The number of aliphatic imine (C=N–C) groups is 1. The summed E-state index contributed by atoms with van der Waals surface area (Å²) in [6, 6.07) is 9.39. The summed E-state index contributed by atoms with van der Waals surface area (Å²) in [7, 11) is 0. The third-order valence-electron chi connectivity index (χ3n) is 3.55. The molecule has 1 N–H and O–H groups in total. The van der Waals surface area contributed by atoms with Gasteiger partial charge in [-0.2, -0.15) is 4.99 Å². The molecule has 0 atom stereocenters. The minimum Gasteiger partial charge on any atom is -0.443 e. The molecular weight excluding hydrogens is 300 g/mol. The van der Waals surface area contributed by atoms with Gasteiger partial charge in [0.1, 0.15) is 6.61 Å². The molecule has 5 nitrogen and oxygen atoms in total. The summed E-state index contributed by atoms with van der Waals surface area (Å²) in [5.41, 5.74) is 0.895. The Kier molecular flexibility index (Phi) is 6.45. The van der Waals surface area contributed by atoms with Gasteiger partial charge in [0.2, 0.25) is 5.91 Å². The number of nitrogens with one attached hydrogen (secondary N) is 1.